The van der Waals surface area contributed by atoms with E-state index in [4.69, 9.17) is 0 Å². The first kappa shape index (κ1) is 12.2. The number of carbonyl (C=O) groups is 1. The van der Waals surface area contributed by atoms with Crippen LogP contribution in [0.5, 0.6) is 0 Å². The minimum Gasteiger partial charge on any atom is -0.341 e. The first-order chi connectivity index (χ1) is 7.02. The zero-order valence-corrected chi connectivity index (χ0v) is 10.9. The van der Waals surface area contributed by atoms with Crippen LogP contribution in [0.1, 0.15) is 19.4 Å². The maximum absolute atomic E-state index is 11.7. The number of hydrogen-bond acceptors (Lipinski definition) is 1. The highest BCUT2D eigenvalue weighted by Crippen LogP contribution is 2.17. The van der Waals surface area contributed by atoms with Crippen LogP contribution in [0.15, 0.2) is 28.7 Å². The van der Waals surface area contributed by atoms with Crippen LogP contribution in [-0.4, -0.2) is 17.9 Å². The van der Waals surface area contributed by atoms with Crippen molar-refractivity contribution >= 4 is 21.8 Å². The summed E-state index contributed by atoms with van der Waals surface area (Å²) in [5, 5.41) is 0. The Morgan fingerprint density at radius 3 is 2.53 bits per heavy atom. The second-order valence-electron chi connectivity index (χ2n) is 3.94. The van der Waals surface area contributed by atoms with Gasteiger partial charge < -0.3 is 4.90 Å². The molecule has 0 fully saturated rings. The Bertz CT molecular complexity index is 349. The van der Waals surface area contributed by atoms with Crippen molar-refractivity contribution in [1.29, 1.82) is 0 Å². The summed E-state index contributed by atoms with van der Waals surface area (Å²) >= 11 is 3.47. The Morgan fingerprint density at radius 2 is 2.00 bits per heavy atom. The lowest BCUT2D eigenvalue weighted by Crippen LogP contribution is -2.30. The lowest BCUT2D eigenvalue weighted by molar-refractivity contribution is -0.133. The maximum atomic E-state index is 11.7. The van der Waals surface area contributed by atoms with E-state index in [1.165, 1.54) is 0 Å². The van der Waals surface area contributed by atoms with Gasteiger partial charge >= 0.3 is 0 Å². The fraction of sp³-hybridized carbons (Fsp3) is 0.417. The molecule has 1 aromatic rings. The molecule has 0 aliphatic carbocycles. The summed E-state index contributed by atoms with van der Waals surface area (Å²) in [5.74, 6) is 0.225. The Labute approximate surface area is 99.4 Å². The van der Waals surface area contributed by atoms with Gasteiger partial charge in [0.1, 0.15) is 0 Å². The number of nitrogens with zero attached hydrogens (tertiary/aromatic N) is 1. The molecular formula is C12H16BrNO. The van der Waals surface area contributed by atoms with Crippen molar-refractivity contribution in [3.05, 3.63) is 34.3 Å². The molecular weight excluding hydrogens is 254 g/mol. The number of halogens is 1. The van der Waals surface area contributed by atoms with Crippen LogP contribution in [0.25, 0.3) is 0 Å². The Kier molecular flexibility index (Phi) is 4.33. The predicted molar refractivity (Wildman–Crippen MR) is 65.5 cm³/mol. The van der Waals surface area contributed by atoms with Gasteiger partial charge in [-0.05, 0) is 11.6 Å². The second-order valence-corrected chi connectivity index (χ2v) is 4.79. The van der Waals surface area contributed by atoms with E-state index in [-0.39, 0.29) is 11.8 Å². The van der Waals surface area contributed by atoms with E-state index in [0.717, 1.165) is 10.0 Å². The van der Waals surface area contributed by atoms with Gasteiger partial charge in [0.15, 0.2) is 0 Å². The van der Waals surface area contributed by atoms with Crippen molar-refractivity contribution < 1.29 is 4.79 Å². The molecule has 0 spiro atoms. The summed E-state index contributed by atoms with van der Waals surface area (Å²) in [6.45, 7) is 4.48. The Morgan fingerprint density at radius 1 is 1.40 bits per heavy atom. The molecule has 0 saturated heterocycles. The van der Waals surface area contributed by atoms with Crippen molar-refractivity contribution in [3.63, 3.8) is 0 Å². The fourth-order valence-electron chi connectivity index (χ4n) is 1.40. The molecule has 0 aromatic heterocycles. The van der Waals surface area contributed by atoms with Gasteiger partial charge in [-0.1, -0.05) is 48.0 Å². The van der Waals surface area contributed by atoms with Crippen molar-refractivity contribution in [3.8, 4) is 0 Å². The van der Waals surface area contributed by atoms with Gasteiger partial charge in [0, 0.05) is 24.0 Å². The molecule has 1 aromatic carbocycles. The first-order valence-corrected chi connectivity index (χ1v) is 5.80. The van der Waals surface area contributed by atoms with E-state index in [0.29, 0.717) is 6.54 Å². The summed E-state index contributed by atoms with van der Waals surface area (Å²) < 4.78 is 1.05. The number of carbonyl (C=O) groups excluding carboxylic acids is 1. The molecule has 0 N–H and O–H groups in total. The molecule has 0 aliphatic heterocycles. The van der Waals surface area contributed by atoms with Gasteiger partial charge in [-0.3, -0.25) is 4.79 Å². The largest absolute Gasteiger partial charge is 0.341 e. The Hall–Kier alpha value is -0.830. The van der Waals surface area contributed by atoms with Gasteiger partial charge in [-0.2, -0.15) is 0 Å². The highest BCUT2D eigenvalue weighted by atomic mass is 79.9. The third-order valence-corrected chi connectivity index (χ3v) is 3.01. The molecule has 0 saturated carbocycles. The standard InChI is InChI=1S/C12H16BrNO/c1-9(2)12(15)14(3)8-10-6-4-5-7-11(10)13/h4-7,9H,8H2,1-3H3. The summed E-state index contributed by atoms with van der Waals surface area (Å²) in [7, 11) is 1.84. The quantitative estimate of drug-likeness (QED) is 0.826. The molecule has 0 atom stereocenters. The van der Waals surface area contributed by atoms with Gasteiger partial charge in [-0.25, -0.2) is 0 Å². The fourth-order valence-corrected chi connectivity index (χ4v) is 1.81. The lowest BCUT2D eigenvalue weighted by atomic mass is 10.1. The van der Waals surface area contributed by atoms with Crippen LogP contribution in [-0.2, 0) is 11.3 Å². The van der Waals surface area contributed by atoms with Crippen molar-refractivity contribution in [2.24, 2.45) is 5.92 Å². The molecule has 1 rings (SSSR count). The van der Waals surface area contributed by atoms with E-state index in [1.807, 2.05) is 45.2 Å². The molecule has 0 heterocycles. The third kappa shape index (κ3) is 3.34. The molecule has 2 nitrogen and oxygen atoms in total. The average Bonchev–Trinajstić information content (AvgIpc) is 2.20. The van der Waals surface area contributed by atoms with Crippen LogP contribution in [0, 0.1) is 5.92 Å². The normalized spacial score (nSPS) is 10.5. The van der Waals surface area contributed by atoms with Crippen LogP contribution < -0.4 is 0 Å². The van der Waals surface area contributed by atoms with Gasteiger partial charge in [0.25, 0.3) is 0 Å². The number of hydrogen-bond donors (Lipinski definition) is 0. The smallest absolute Gasteiger partial charge is 0.225 e. The summed E-state index contributed by atoms with van der Waals surface area (Å²) in [6.07, 6.45) is 0. The van der Waals surface area contributed by atoms with E-state index in [1.54, 1.807) is 4.90 Å². The van der Waals surface area contributed by atoms with E-state index in [2.05, 4.69) is 15.9 Å². The van der Waals surface area contributed by atoms with Gasteiger partial charge in [0.2, 0.25) is 5.91 Å². The van der Waals surface area contributed by atoms with E-state index < -0.39 is 0 Å². The second kappa shape index (κ2) is 5.31. The van der Waals surface area contributed by atoms with Crippen LogP contribution in [0.4, 0.5) is 0 Å². The average molecular weight is 270 g/mol. The minimum absolute atomic E-state index is 0.0532. The summed E-state index contributed by atoms with van der Waals surface area (Å²) in [5.41, 5.74) is 1.13. The van der Waals surface area contributed by atoms with Crippen LogP contribution in [0.2, 0.25) is 0 Å². The number of amides is 1. The van der Waals surface area contributed by atoms with Crippen LogP contribution >= 0.6 is 15.9 Å². The topological polar surface area (TPSA) is 20.3 Å². The molecule has 0 unspecified atom stereocenters. The molecule has 82 valence electrons. The SMILES string of the molecule is CC(C)C(=O)N(C)Cc1ccccc1Br. The molecule has 0 bridgehead atoms. The highest BCUT2D eigenvalue weighted by Gasteiger charge is 2.13. The monoisotopic (exact) mass is 269 g/mol. The zero-order chi connectivity index (χ0) is 11.4. The van der Waals surface area contributed by atoms with E-state index >= 15 is 0 Å². The van der Waals surface area contributed by atoms with E-state index in [9.17, 15) is 4.79 Å². The molecule has 0 radical (unpaired) electrons. The first-order valence-electron chi connectivity index (χ1n) is 5.00. The van der Waals surface area contributed by atoms with Crippen molar-refractivity contribution in [1.82, 2.24) is 4.90 Å². The molecule has 0 aliphatic rings. The number of benzene rings is 1. The Balaban J connectivity index is 2.71. The van der Waals surface area contributed by atoms with Gasteiger partial charge in [0.05, 0.1) is 0 Å². The molecule has 15 heavy (non-hydrogen) atoms. The van der Waals surface area contributed by atoms with Crippen LogP contribution in [0.3, 0.4) is 0 Å². The minimum atomic E-state index is 0.0532. The summed E-state index contributed by atoms with van der Waals surface area (Å²) in [4.78, 5) is 13.4. The van der Waals surface area contributed by atoms with Crippen molar-refractivity contribution in [2.75, 3.05) is 7.05 Å². The zero-order valence-electron chi connectivity index (χ0n) is 9.33. The van der Waals surface area contributed by atoms with Gasteiger partial charge in [-0.15, -0.1) is 0 Å². The van der Waals surface area contributed by atoms with Crippen molar-refractivity contribution in [2.45, 2.75) is 20.4 Å². The maximum Gasteiger partial charge on any atom is 0.225 e. The third-order valence-electron chi connectivity index (χ3n) is 2.24. The number of rotatable bonds is 3. The predicted octanol–water partition coefficient (Wildman–Crippen LogP) is 3.06. The highest BCUT2D eigenvalue weighted by molar-refractivity contribution is 9.10. The molecule has 1 amide bonds. The summed E-state index contributed by atoms with van der Waals surface area (Å²) in [6, 6.07) is 7.96. The lowest BCUT2D eigenvalue weighted by Gasteiger charge is -2.20. The molecule has 3 heteroatoms.